The zero-order valence-electron chi connectivity index (χ0n) is 22.2. The highest BCUT2D eigenvalue weighted by Gasteiger charge is 2.12. The van der Waals surface area contributed by atoms with Crippen molar-refractivity contribution >= 4 is 18.0 Å². The molecule has 0 fully saturated rings. The summed E-state index contributed by atoms with van der Waals surface area (Å²) in [7, 11) is 3.02. The van der Waals surface area contributed by atoms with Gasteiger partial charge >= 0.3 is 0 Å². The number of hydrogen-bond acceptors (Lipinski definition) is 8. The Morgan fingerprint density at radius 2 is 1.86 bits per heavy atom. The Kier molecular flexibility index (Phi) is 21.0. The Morgan fingerprint density at radius 1 is 1.14 bits per heavy atom. The van der Waals surface area contributed by atoms with E-state index in [1.807, 2.05) is 30.3 Å². The van der Waals surface area contributed by atoms with Crippen LogP contribution in [-0.4, -0.2) is 89.6 Å². The van der Waals surface area contributed by atoms with Gasteiger partial charge in [0.05, 0.1) is 13.2 Å². The number of benzene rings is 1. The summed E-state index contributed by atoms with van der Waals surface area (Å²) in [5.41, 5.74) is 11.3. The third kappa shape index (κ3) is 16.9. The molecule has 0 aromatic heterocycles. The van der Waals surface area contributed by atoms with Gasteiger partial charge < -0.3 is 41.3 Å². The first kappa shape index (κ1) is 33.7. The highest BCUT2D eigenvalue weighted by atomic mass is 16.5. The topological polar surface area (TPSA) is 160 Å². The number of ether oxygens (including phenoxy) is 3. The predicted octanol–water partition coefficient (Wildman–Crippen LogP) is 2.10. The summed E-state index contributed by atoms with van der Waals surface area (Å²) in [6.45, 7) is 7.91. The molecule has 1 aromatic rings. The lowest BCUT2D eigenvalue weighted by Crippen LogP contribution is -2.40. The Labute approximate surface area is 221 Å². The van der Waals surface area contributed by atoms with Crippen LogP contribution >= 0.6 is 0 Å². The van der Waals surface area contributed by atoms with Crippen LogP contribution < -0.4 is 21.5 Å². The summed E-state index contributed by atoms with van der Waals surface area (Å²) in [4.78, 5) is 14.1. The van der Waals surface area contributed by atoms with E-state index in [0.29, 0.717) is 51.4 Å². The van der Waals surface area contributed by atoms with E-state index >= 15 is 0 Å². The lowest BCUT2D eigenvalue weighted by molar-refractivity contribution is -0.135. The first-order valence-electron chi connectivity index (χ1n) is 12.2. The van der Waals surface area contributed by atoms with Gasteiger partial charge in [-0.3, -0.25) is 10.2 Å². The molecule has 206 valence electrons. The van der Waals surface area contributed by atoms with Gasteiger partial charge in [-0.15, -0.1) is 0 Å². The summed E-state index contributed by atoms with van der Waals surface area (Å²) in [6, 6.07) is 7.33. The maximum atomic E-state index is 12.3. The molecule has 0 unspecified atom stereocenters. The van der Waals surface area contributed by atoms with Crippen LogP contribution in [0.5, 0.6) is 5.75 Å². The highest BCUT2D eigenvalue weighted by molar-refractivity contribution is 5.97. The molecule has 0 saturated heterocycles. The molecule has 0 aliphatic carbocycles. The average molecular weight is 517 g/mol. The van der Waals surface area contributed by atoms with Crippen LogP contribution in [0, 0.1) is 10.8 Å². The normalized spacial score (nSPS) is 10.9. The molecule has 0 aliphatic heterocycles. The molecule has 7 N–H and O–H groups in total. The van der Waals surface area contributed by atoms with E-state index < -0.39 is 0 Å². The summed E-state index contributed by atoms with van der Waals surface area (Å²) in [6.07, 6.45) is 9.76. The molecule has 1 amide bonds. The van der Waals surface area contributed by atoms with Crippen LogP contribution in [-0.2, 0) is 14.3 Å². The number of allylic oxidation sites excluding steroid dienone is 2. The van der Waals surface area contributed by atoms with Crippen molar-refractivity contribution in [1.82, 2.24) is 10.2 Å². The first-order chi connectivity index (χ1) is 18.0. The van der Waals surface area contributed by atoms with Gasteiger partial charge in [-0.05, 0) is 56.3 Å². The largest absolute Gasteiger partial charge is 0.494 e. The van der Waals surface area contributed by atoms with Crippen molar-refractivity contribution in [1.29, 1.82) is 10.8 Å². The van der Waals surface area contributed by atoms with Crippen LogP contribution in [0.4, 0.5) is 0 Å². The van der Waals surface area contributed by atoms with E-state index in [1.165, 1.54) is 26.4 Å². The lowest BCUT2D eigenvalue weighted by atomic mass is 10.2. The van der Waals surface area contributed by atoms with Gasteiger partial charge in [-0.2, -0.15) is 0 Å². The van der Waals surface area contributed by atoms with Crippen LogP contribution in [0.3, 0.4) is 0 Å². The molecule has 1 aromatic carbocycles. The van der Waals surface area contributed by atoms with Gasteiger partial charge in [0.2, 0.25) is 5.91 Å². The summed E-state index contributed by atoms with van der Waals surface area (Å²) < 4.78 is 16.3. The predicted molar refractivity (Wildman–Crippen MR) is 151 cm³/mol. The maximum Gasteiger partial charge on any atom is 0.248 e. The van der Waals surface area contributed by atoms with Gasteiger partial charge in [0.15, 0.2) is 0 Å². The van der Waals surface area contributed by atoms with E-state index in [4.69, 9.17) is 30.8 Å². The van der Waals surface area contributed by atoms with E-state index in [-0.39, 0.29) is 18.3 Å². The quantitative estimate of drug-likeness (QED) is 0.0768. The number of nitrogens with zero attached hydrogens (tertiary/aromatic N) is 1. The average Bonchev–Trinajstić information content (AvgIpc) is 2.91. The standard InChI is InChI=1S/C26H39N5O4.CH5N/c1-3-23(26(28)29)8-4-5-17-34-18-6-13-30-14-16-31(25(32)21-33-2)15-7-19-35-24-11-9-22(20-27)10-12-24;1-2/h3-5,8-12,20,27,30H,1,6-7,13-19,21H2,2H3,(H3,28,29);2H2,1H3/b5-4-,23-8+,27-20?;. The number of nitrogens with one attached hydrogen (secondary N) is 3. The molecule has 0 spiro atoms. The maximum absolute atomic E-state index is 12.3. The molecule has 1 rings (SSSR count). The molecular formula is C27H44N6O4. The Morgan fingerprint density at radius 3 is 2.49 bits per heavy atom. The molecule has 37 heavy (non-hydrogen) atoms. The fraction of sp³-hybridized carbons (Fsp3) is 0.444. The van der Waals surface area contributed by atoms with Crippen molar-refractivity contribution in [2.24, 2.45) is 11.5 Å². The first-order valence-corrected chi connectivity index (χ1v) is 12.2. The van der Waals surface area contributed by atoms with Crippen molar-refractivity contribution in [2.75, 3.05) is 66.8 Å². The van der Waals surface area contributed by atoms with E-state index in [0.717, 1.165) is 24.3 Å². The van der Waals surface area contributed by atoms with Crippen LogP contribution in [0.2, 0.25) is 0 Å². The number of nitrogens with two attached hydrogens (primary N) is 2. The number of carbonyl (C=O) groups is 1. The molecule has 0 aliphatic rings. The third-order valence-corrected chi connectivity index (χ3v) is 4.87. The molecule has 0 radical (unpaired) electrons. The second-order valence-corrected chi connectivity index (χ2v) is 7.58. The second kappa shape index (κ2) is 23.1. The second-order valence-electron chi connectivity index (χ2n) is 7.58. The van der Waals surface area contributed by atoms with Crippen molar-refractivity contribution in [3.05, 3.63) is 66.3 Å². The Hall–Kier alpha value is -3.31. The highest BCUT2D eigenvalue weighted by Crippen LogP contribution is 2.11. The number of carbonyl (C=O) groups excluding carboxylic acids is 1. The molecular weight excluding hydrogens is 472 g/mol. The summed E-state index contributed by atoms with van der Waals surface area (Å²) >= 11 is 0. The van der Waals surface area contributed by atoms with Crippen molar-refractivity contribution in [3.8, 4) is 5.75 Å². The number of rotatable bonds is 20. The van der Waals surface area contributed by atoms with Gasteiger partial charge in [0.1, 0.15) is 18.2 Å². The molecule has 0 bridgehead atoms. The minimum absolute atomic E-state index is 0.0153. The zero-order chi connectivity index (χ0) is 27.7. The smallest absolute Gasteiger partial charge is 0.248 e. The molecule has 10 nitrogen and oxygen atoms in total. The number of amides is 1. The number of methoxy groups -OCH3 is 1. The van der Waals surface area contributed by atoms with Gasteiger partial charge in [0, 0.05) is 45.1 Å². The monoisotopic (exact) mass is 516 g/mol. The zero-order valence-corrected chi connectivity index (χ0v) is 22.2. The van der Waals surface area contributed by atoms with Gasteiger partial charge in [-0.1, -0.05) is 30.9 Å². The van der Waals surface area contributed by atoms with Crippen LogP contribution in [0.25, 0.3) is 0 Å². The fourth-order valence-corrected chi connectivity index (χ4v) is 2.97. The van der Waals surface area contributed by atoms with E-state index in [9.17, 15) is 4.79 Å². The molecule has 0 heterocycles. The SMILES string of the molecule is C=C/C(=C\C=C/COCCCNCCN(CCCOc1ccc(C=N)cc1)C(=O)COC)C(=N)N.CN. The van der Waals surface area contributed by atoms with Crippen molar-refractivity contribution in [2.45, 2.75) is 12.8 Å². The minimum Gasteiger partial charge on any atom is -0.494 e. The van der Waals surface area contributed by atoms with Crippen molar-refractivity contribution in [3.63, 3.8) is 0 Å². The van der Waals surface area contributed by atoms with Crippen LogP contribution in [0.15, 0.2) is 60.7 Å². The van der Waals surface area contributed by atoms with Crippen LogP contribution in [0.1, 0.15) is 18.4 Å². The lowest BCUT2D eigenvalue weighted by Gasteiger charge is -2.22. The Balaban J connectivity index is 0.00000631. The molecule has 0 saturated carbocycles. The molecule has 0 atom stereocenters. The summed E-state index contributed by atoms with van der Waals surface area (Å²) in [5.74, 6) is 0.690. The number of amidine groups is 1. The molecule has 10 heteroatoms. The summed E-state index contributed by atoms with van der Waals surface area (Å²) in [5, 5.41) is 17.9. The minimum atomic E-state index is -0.0433. The third-order valence-electron chi connectivity index (χ3n) is 4.87. The van der Waals surface area contributed by atoms with Crippen molar-refractivity contribution < 1.29 is 19.0 Å². The van der Waals surface area contributed by atoms with Gasteiger partial charge in [0.25, 0.3) is 0 Å². The van der Waals surface area contributed by atoms with E-state index in [1.54, 1.807) is 17.1 Å². The van der Waals surface area contributed by atoms with E-state index in [2.05, 4.69) is 17.6 Å². The number of hydrogen-bond donors (Lipinski definition) is 5. The van der Waals surface area contributed by atoms with Gasteiger partial charge in [-0.25, -0.2) is 0 Å². The fourth-order valence-electron chi connectivity index (χ4n) is 2.97. The Bertz CT molecular complexity index is 840.